The van der Waals surface area contributed by atoms with Crippen LogP contribution in [0, 0.1) is 11.7 Å². The maximum atomic E-state index is 14.6. The molecule has 0 bridgehead atoms. The molecule has 2 fully saturated rings. The molecule has 1 unspecified atom stereocenters. The van der Waals surface area contributed by atoms with Crippen LogP contribution in [0.1, 0.15) is 61.0 Å². The maximum Gasteiger partial charge on any atom is 0.254 e. The molecular formula is C27H35FN4O2. The molecule has 5 rings (SSSR count). The Morgan fingerprint density at radius 2 is 2.00 bits per heavy atom. The first-order valence-electron chi connectivity index (χ1n) is 12.5. The zero-order chi connectivity index (χ0) is 23.9. The number of hydrogen-bond donors (Lipinski definition) is 2. The lowest BCUT2D eigenvalue weighted by Gasteiger charge is -2.37. The number of aliphatic hydroxyl groups is 1. The van der Waals surface area contributed by atoms with Gasteiger partial charge in [-0.05, 0) is 88.8 Å². The molecule has 2 N–H and O–H groups in total. The number of piperidine rings is 2. The van der Waals surface area contributed by atoms with E-state index >= 15 is 0 Å². The molecule has 182 valence electrons. The fourth-order valence-electron chi connectivity index (χ4n) is 5.69. The molecule has 3 aliphatic heterocycles. The summed E-state index contributed by atoms with van der Waals surface area (Å²) >= 11 is 0. The van der Waals surface area contributed by atoms with E-state index in [0.29, 0.717) is 18.7 Å². The summed E-state index contributed by atoms with van der Waals surface area (Å²) in [4.78, 5) is 21.6. The Labute approximate surface area is 201 Å². The molecule has 0 aliphatic carbocycles. The molecule has 6 nitrogen and oxygen atoms in total. The molecule has 34 heavy (non-hydrogen) atoms. The van der Waals surface area contributed by atoms with E-state index in [1.54, 1.807) is 0 Å². The molecular weight excluding hydrogens is 431 g/mol. The summed E-state index contributed by atoms with van der Waals surface area (Å²) in [5.41, 5.74) is 3.41. The molecule has 4 heterocycles. The van der Waals surface area contributed by atoms with E-state index in [1.165, 1.54) is 6.20 Å². The second-order valence-electron chi connectivity index (χ2n) is 10.7. The van der Waals surface area contributed by atoms with E-state index in [-0.39, 0.29) is 23.7 Å². The summed E-state index contributed by atoms with van der Waals surface area (Å²) in [6.45, 7) is 8.46. The molecule has 2 saturated heterocycles. The molecule has 0 radical (unpaired) electrons. The van der Waals surface area contributed by atoms with Crippen molar-refractivity contribution in [2.24, 2.45) is 5.92 Å². The van der Waals surface area contributed by atoms with Gasteiger partial charge < -0.3 is 15.3 Å². The zero-order valence-corrected chi connectivity index (χ0v) is 20.2. The number of fused-ring (bicyclic) bond motifs is 1. The quantitative estimate of drug-likeness (QED) is 0.705. The van der Waals surface area contributed by atoms with Gasteiger partial charge in [0.1, 0.15) is 5.82 Å². The van der Waals surface area contributed by atoms with Gasteiger partial charge in [-0.15, -0.1) is 0 Å². The molecule has 1 atom stereocenters. The summed E-state index contributed by atoms with van der Waals surface area (Å²) in [6.07, 6.45) is 5.26. The van der Waals surface area contributed by atoms with Crippen LogP contribution in [-0.2, 0) is 13.1 Å². The largest absolute Gasteiger partial charge is 0.390 e. The van der Waals surface area contributed by atoms with Gasteiger partial charge in [0, 0.05) is 42.4 Å². The molecule has 3 aliphatic rings. The zero-order valence-electron chi connectivity index (χ0n) is 20.2. The lowest BCUT2D eigenvalue weighted by molar-refractivity contribution is -0.0137. The standard InChI is InChI=1S/C27H35FN4O2/c1-27(2,34)21-7-10-31(11-8-21)16-20-13-25(30-15-24(20)28)18-5-6-23-19(12-18)17-32(26(23)33)22-4-3-9-29-14-22/h5-6,12-13,15,21-22,29,34H,3-4,7-11,14,16-17H2,1-2H3. The predicted octanol–water partition coefficient (Wildman–Crippen LogP) is 3.58. The number of rotatable bonds is 5. The van der Waals surface area contributed by atoms with Crippen molar-refractivity contribution in [2.45, 2.75) is 64.3 Å². The van der Waals surface area contributed by atoms with Crippen molar-refractivity contribution >= 4 is 5.91 Å². The summed E-state index contributed by atoms with van der Waals surface area (Å²) in [7, 11) is 0. The minimum absolute atomic E-state index is 0.109. The van der Waals surface area contributed by atoms with Crippen molar-refractivity contribution in [1.29, 1.82) is 0 Å². The third-order valence-corrected chi connectivity index (χ3v) is 7.86. The fourth-order valence-corrected chi connectivity index (χ4v) is 5.69. The molecule has 0 saturated carbocycles. The number of pyridine rings is 1. The maximum absolute atomic E-state index is 14.6. The average Bonchev–Trinajstić information content (AvgIpc) is 3.16. The number of likely N-dealkylation sites (tertiary alicyclic amines) is 1. The van der Waals surface area contributed by atoms with Gasteiger partial charge in [0.15, 0.2) is 0 Å². The minimum atomic E-state index is -0.667. The van der Waals surface area contributed by atoms with Crippen molar-refractivity contribution in [1.82, 2.24) is 20.1 Å². The number of hydrogen-bond acceptors (Lipinski definition) is 5. The van der Waals surface area contributed by atoms with Crippen molar-refractivity contribution in [3.8, 4) is 11.3 Å². The molecule has 1 amide bonds. The number of nitrogens with zero attached hydrogens (tertiary/aromatic N) is 3. The SMILES string of the molecule is CC(C)(O)C1CCN(Cc2cc(-c3ccc4c(c3)CN(C3CCCNC3)C4=O)ncc2F)CC1. The number of carbonyl (C=O) groups excluding carboxylic acids is 1. The van der Waals surface area contributed by atoms with Gasteiger partial charge >= 0.3 is 0 Å². The number of halogens is 1. The van der Waals surface area contributed by atoms with Crippen LogP contribution in [0.25, 0.3) is 11.3 Å². The van der Waals surface area contributed by atoms with E-state index < -0.39 is 5.60 Å². The molecule has 7 heteroatoms. The number of aromatic nitrogens is 1. The predicted molar refractivity (Wildman–Crippen MR) is 130 cm³/mol. The van der Waals surface area contributed by atoms with Crippen LogP contribution in [0.2, 0.25) is 0 Å². The van der Waals surface area contributed by atoms with Crippen LogP contribution >= 0.6 is 0 Å². The minimum Gasteiger partial charge on any atom is -0.390 e. The first kappa shape index (κ1) is 23.4. The van der Waals surface area contributed by atoms with E-state index in [0.717, 1.165) is 74.2 Å². The van der Waals surface area contributed by atoms with Gasteiger partial charge in [0.05, 0.1) is 17.5 Å². The van der Waals surface area contributed by atoms with E-state index in [4.69, 9.17) is 0 Å². The summed E-state index contributed by atoms with van der Waals surface area (Å²) in [5.74, 6) is 0.0952. The summed E-state index contributed by atoms with van der Waals surface area (Å²) in [6, 6.07) is 7.96. The van der Waals surface area contributed by atoms with Crippen molar-refractivity contribution in [3.63, 3.8) is 0 Å². The van der Waals surface area contributed by atoms with Crippen molar-refractivity contribution in [2.75, 3.05) is 26.2 Å². The molecule has 2 aromatic rings. The third-order valence-electron chi connectivity index (χ3n) is 7.86. The van der Waals surface area contributed by atoms with Crippen LogP contribution in [0.3, 0.4) is 0 Å². The first-order chi connectivity index (χ1) is 16.3. The molecule has 1 aromatic heterocycles. The topological polar surface area (TPSA) is 68.7 Å². The van der Waals surface area contributed by atoms with Crippen LogP contribution in [-0.4, -0.2) is 63.6 Å². The second-order valence-corrected chi connectivity index (χ2v) is 10.7. The van der Waals surface area contributed by atoms with Gasteiger partial charge in [-0.2, -0.15) is 0 Å². The summed E-state index contributed by atoms with van der Waals surface area (Å²) in [5, 5.41) is 13.7. The van der Waals surface area contributed by atoms with Crippen LogP contribution in [0.15, 0.2) is 30.5 Å². The monoisotopic (exact) mass is 466 g/mol. The highest BCUT2D eigenvalue weighted by Gasteiger charge is 2.34. The normalized spacial score (nSPS) is 22.3. The van der Waals surface area contributed by atoms with Gasteiger partial charge in [-0.25, -0.2) is 4.39 Å². The van der Waals surface area contributed by atoms with Crippen LogP contribution < -0.4 is 5.32 Å². The fraction of sp³-hybridized carbons (Fsp3) is 0.556. The Kier molecular flexibility index (Phi) is 6.44. The highest BCUT2D eigenvalue weighted by molar-refractivity contribution is 5.99. The number of carbonyl (C=O) groups is 1. The third kappa shape index (κ3) is 4.74. The Hall–Kier alpha value is -2.35. The van der Waals surface area contributed by atoms with Gasteiger partial charge in [-0.3, -0.25) is 14.7 Å². The number of nitrogens with one attached hydrogen (secondary N) is 1. The highest BCUT2D eigenvalue weighted by atomic mass is 19.1. The van der Waals surface area contributed by atoms with E-state index in [9.17, 15) is 14.3 Å². The Balaban J connectivity index is 1.30. The molecule has 1 aromatic carbocycles. The lowest BCUT2D eigenvalue weighted by atomic mass is 9.83. The number of benzene rings is 1. The van der Waals surface area contributed by atoms with Crippen molar-refractivity contribution in [3.05, 3.63) is 53.0 Å². The van der Waals surface area contributed by atoms with Gasteiger partial charge in [-0.1, -0.05) is 6.07 Å². The van der Waals surface area contributed by atoms with Gasteiger partial charge in [0.25, 0.3) is 5.91 Å². The van der Waals surface area contributed by atoms with Crippen molar-refractivity contribution < 1.29 is 14.3 Å². The Bertz CT molecular complexity index is 1050. The first-order valence-corrected chi connectivity index (χ1v) is 12.5. The molecule has 0 spiro atoms. The average molecular weight is 467 g/mol. The van der Waals surface area contributed by atoms with E-state index in [2.05, 4.69) is 15.2 Å². The van der Waals surface area contributed by atoms with Crippen LogP contribution in [0.4, 0.5) is 4.39 Å². The van der Waals surface area contributed by atoms with E-state index in [1.807, 2.05) is 43.0 Å². The highest BCUT2D eigenvalue weighted by Crippen LogP contribution is 2.32. The second kappa shape index (κ2) is 9.36. The Morgan fingerprint density at radius 1 is 1.21 bits per heavy atom. The van der Waals surface area contributed by atoms with Crippen LogP contribution in [0.5, 0.6) is 0 Å². The Morgan fingerprint density at radius 3 is 2.71 bits per heavy atom. The smallest absolute Gasteiger partial charge is 0.254 e. The summed E-state index contributed by atoms with van der Waals surface area (Å²) < 4.78 is 14.6. The number of amides is 1. The van der Waals surface area contributed by atoms with Gasteiger partial charge in [0.2, 0.25) is 0 Å². The lowest BCUT2D eigenvalue weighted by Crippen LogP contribution is -2.46.